The van der Waals surface area contributed by atoms with Crippen molar-refractivity contribution < 1.29 is 0 Å². The minimum absolute atomic E-state index is 0.0446. The van der Waals surface area contributed by atoms with Crippen LogP contribution < -0.4 is 0 Å². The maximum atomic E-state index is 9.15. The molecule has 2 aromatic rings. The summed E-state index contributed by atoms with van der Waals surface area (Å²) in [5, 5.41) is 19.5. The molecule has 1 aromatic heterocycles. The smallest absolute Gasteiger partial charge is 0.132 e. The van der Waals surface area contributed by atoms with Gasteiger partial charge in [0.15, 0.2) is 0 Å². The fourth-order valence-corrected chi connectivity index (χ4v) is 3.32. The maximum absolute atomic E-state index is 9.15. The molecule has 0 fully saturated rings. The monoisotopic (exact) mass is 313 g/mol. The van der Waals surface area contributed by atoms with Gasteiger partial charge in [0.05, 0.1) is 0 Å². The van der Waals surface area contributed by atoms with Crippen molar-refractivity contribution in [2.24, 2.45) is 5.41 Å². The van der Waals surface area contributed by atoms with Crippen LogP contribution in [0, 0.1) is 28.1 Å². The van der Waals surface area contributed by atoms with E-state index in [4.69, 9.17) is 10.5 Å². The van der Waals surface area contributed by atoms with Gasteiger partial charge in [-0.25, -0.2) is 0 Å². The first-order valence-electron chi connectivity index (χ1n) is 8.00. The summed E-state index contributed by atoms with van der Waals surface area (Å²) in [4.78, 5) is 3.27. The summed E-state index contributed by atoms with van der Waals surface area (Å²) in [6.07, 6.45) is 9.89. The second-order valence-electron chi connectivity index (χ2n) is 6.98. The highest BCUT2D eigenvalue weighted by atomic mass is 14.7. The number of hydrogen-bond donors (Lipinski definition) is 1. The summed E-state index contributed by atoms with van der Waals surface area (Å²) >= 11 is 0. The zero-order valence-corrected chi connectivity index (χ0v) is 13.9. The van der Waals surface area contributed by atoms with E-state index in [1.807, 2.05) is 36.5 Å². The lowest BCUT2D eigenvalue weighted by atomic mass is 9.74. The second kappa shape index (κ2) is 6.22. The van der Waals surface area contributed by atoms with Crippen molar-refractivity contribution in [2.75, 3.05) is 0 Å². The highest BCUT2D eigenvalue weighted by Crippen LogP contribution is 2.39. The van der Waals surface area contributed by atoms with Gasteiger partial charge in [0.1, 0.15) is 17.7 Å². The summed E-state index contributed by atoms with van der Waals surface area (Å²) in [5.74, 6) is 0. The molecule has 0 radical (unpaired) electrons. The first-order chi connectivity index (χ1) is 11.5. The molecule has 0 aliphatic heterocycles. The SMILES string of the molecule is CC1(C)CC(/C=C/c2c[nH]c3ccccc23)=CC(=C(C#N)C#N)C1. The van der Waals surface area contributed by atoms with Crippen LogP contribution in [0.5, 0.6) is 0 Å². The lowest BCUT2D eigenvalue weighted by molar-refractivity contribution is 0.354. The maximum Gasteiger partial charge on any atom is 0.132 e. The van der Waals surface area contributed by atoms with Crippen LogP contribution >= 0.6 is 0 Å². The van der Waals surface area contributed by atoms with Gasteiger partial charge in [0.2, 0.25) is 0 Å². The Kier molecular flexibility index (Phi) is 4.11. The number of hydrogen-bond acceptors (Lipinski definition) is 2. The minimum atomic E-state index is 0.0446. The van der Waals surface area contributed by atoms with Crippen molar-refractivity contribution in [1.82, 2.24) is 4.98 Å². The second-order valence-corrected chi connectivity index (χ2v) is 6.98. The Labute approximate surface area is 142 Å². The number of benzene rings is 1. The number of nitrogens with zero attached hydrogens (tertiary/aromatic N) is 2. The van der Waals surface area contributed by atoms with Crippen LogP contribution in [-0.4, -0.2) is 4.98 Å². The molecule has 3 nitrogen and oxygen atoms in total. The Morgan fingerprint density at radius 2 is 1.88 bits per heavy atom. The molecular formula is C21H19N3. The molecule has 0 unspecified atom stereocenters. The zero-order chi connectivity index (χ0) is 17.2. The van der Waals surface area contributed by atoms with E-state index in [1.165, 1.54) is 5.39 Å². The predicted octanol–water partition coefficient (Wildman–Crippen LogP) is 5.27. The van der Waals surface area contributed by atoms with Gasteiger partial charge < -0.3 is 4.98 Å². The lowest BCUT2D eigenvalue weighted by Crippen LogP contribution is -2.17. The number of fused-ring (bicyclic) bond motifs is 1. The number of nitrogens with one attached hydrogen (secondary N) is 1. The van der Waals surface area contributed by atoms with E-state index in [1.54, 1.807) is 0 Å². The van der Waals surface area contributed by atoms with Crippen LogP contribution in [0.4, 0.5) is 0 Å². The molecule has 3 rings (SSSR count). The molecule has 0 saturated carbocycles. The highest BCUT2D eigenvalue weighted by molar-refractivity contribution is 5.89. The molecule has 0 bridgehead atoms. The van der Waals surface area contributed by atoms with Gasteiger partial charge in [-0.15, -0.1) is 0 Å². The molecule has 0 saturated heterocycles. The molecule has 24 heavy (non-hydrogen) atoms. The number of allylic oxidation sites excluding steroid dienone is 5. The van der Waals surface area contributed by atoms with Crippen molar-refractivity contribution in [3.05, 3.63) is 64.9 Å². The van der Waals surface area contributed by atoms with Gasteiger partial charge in [0, 0.05) is 17.1 Å². The quantitative estimate of drug-likeness (QED) is 0.767. The molecule has 1 aliphatic rings. The van der Waals surface area contributed by atoms with Gasteiger partial charge >= 0.3 is 0 Å². The van der Waals surface area contributed by atoms with E-state index in [9.17, 15) is 0 Å². The Morgan fingerprint density at radius 3 is 2.62 bits per heavy atom. The molecule has 1 heterocycles. The standard InChI is InChI=1S/C21H19N3/c1-21(2)10-15(9-17(11-21)18(12-22)13-23)7-8-16-14-24-20-6-4-3-5-19(16)20/h3-9,14,24H,10-11H2,1-2H3/b8-7+. The third kappa shape index (κ3) is 3.16. The summed E-state index contributed by atoms with van der Waals surface area (Å²) < 4.78 is 0. The molecule has 1 aromatic carbocycles. The van der Waals surface area contributed by atoms with Crippen LogP contribution in [0.25, 0.3) is 17.0 Å². The van der Waals surface area contributed by atoms with Gasteiger partial charge in [-0.2, -0.15) is 10.5 Å². The molecule has 0 atom stereocenters. The van der Waals surface area contributed by atoms with Crippen LogP contribution in [0.15, 0.2) is 59.3 Å². The summed E-state index contributed by atoms with van der Waals surface area (Å²) in [6.45, 7) is 4.35. The number of para-hydroxylation sites is 1. The number of aromatic amines is 1. The van der Waals surface area contributed by atoms with E-state index >= 15 is 0 Å². The van der Waals surface area contributed by atoms with Crippen molar-refractivity contribution >= 4 is 17.0 Å². The summed E-state index contributed by atoms with van der Waals surface area (Å²) in [6, 6.07) is 12.2. The number of nitriles is 2. The van der Waals surface area contributed by atoms with E-state index < -0.39 is 0 Å². The van der Waals surface area contributed by atoms with Crippen molar-refractivity contribution in [3.63, 3.8) is 0 Å². The average molecular weight is 313 g/mol. The first-order valence-corrected chi connectivity index (χ1v) is 8.00. The van der Waals surface area contributed by atoms with Crippen LogP contribution in [0.1, 0.15) is 32.3 Å². The van der Waals surface area contributed by atoms with E-state index in [0.717, 1.165) is 35.1 Å². The van der Waals surface area contributed by atoms with Gasteiger partial charge in [-0.05, 0) is 41.0 Å². The fourth-order valence-electron chi connectivity index (χ4n) is 3.32. The largest absolute Gasteiger partial charge is 0.361 e. The summed E-state index contributed by atoms with van der Waals surface area (Å²) in [7, 11) is 0. The molecular weight excluding hydrogens is 294 g/mol. The van der Waals surface area contributed by atoms with Crippen LogP contribution in [-0.2, 0) is 0 Å². The molecule has 3 heteroatoms. The first kappa shape index (κ1) is 15.8. The zero-order valence-electron chi connectivity index (χ0n) is 13.9. The topological polar surface area (TPSA) is 63.4 Å². The third-order valence-corrected chi connectivity index (χ3v) is 4.35. The molecule has 0 spiro atoms. The normalized spacial score (nSPS) is 16.7. The minimum Gasteiger partial charge on any atom is -0.361 e. The lowest BCUT2D eigenvalue weighted by Gasteiger charge is -2.30. The predicted molar refractivity (Wildman–Crippen MR) is 96.7 cm³/mol. The molecule has 1 aliphatic carbocycles. The van der Waals surface area contributed by atoms with Gasteiger partial charge in [-0.1, -0.05) is 50.3 Å². The number of H-pyrrole nitrogens is 1. The van der Waals surface area contributed by atoms with Crippen LogP contribution in [0.2, 0.25) is 0 Å². The van der Waals surface area contributed by atoms with Crippen molar-refractivity contribution in [1.29, 1.82) is 10.5 Å². The Hall–Kier alpha value is -3.04. The molecule has 0 amide bonds. The fraction of sp³-hybridized carbons (Fsp3) is 0.238. The Bertz CT molecular complexity index is 937. The molecule has 118 valence electrons. The number of aromatic nitrogens is 1. The van der Waals surface area contributed by atoms with E-state index in [0.29, 0.717) is 0 Å². The Balaban J connectivity index is 1.98. The highest BCUT2D eigenvalue weighted by Gasteiger charge is 2.26. The Morgan fingerprint density at radius 1 is 1.12 bits per heavy atom. The van der Waals surface area contributed by atoms with E-state index in [-0.39, 0.29) is 11.0 Å². The molecule has 1 N–H and O–H groups in total. The van der Waals surface area contributed by atoms with Crippen molar-refractivity contribution in [3.8, 4) is 12.1 Å². The van der Waals surface area contributed by atoms with Crippen LogP contribution in [0.3, 0.4) is 0 Å². The number of rotatable bonds is 2. The van der Waals surface area contributed by atoms with Gasteiger partial charge in [-0.3, -0.25) is 0 Å². The average Bonchev–Trinajstić information content (AvgIpc) is 2.96. The third-order valence-electron chi connectivity index (χ3n) is 4.35. The van der Waals surface area contributed by atoms with Gasteiger partial charge in [0.25, 0.3) is 0 Å². The van der Waals surface area contributed by atoms with E-state index in [2.05, 4.69) is 43.1 Å². The van der Waals surface area contributed by atoms with Crippen molar-refractivity contribution in [2.45, 2.75) is 26.7 Å². The summed E-state index contributed by atoms with van der Waals surface area (Å²) in [5.41, 5.74) is 4.52.